The number of nitrogens with zero attached hydrogens (tertiary/aromatic N) is 1. The SMILES string of the molecule is Cc1cc(C)cc(N=C2NC(=O)/C(=C\c3cc(Br)c(O)c([NH+](O)O)c3)S2)c1. The lowest BCUT2D eigenvalue weighted by Crippen LogP contribution is -3.01. The van der Waals surface area contributed by atoms with Gasteiger partial charge in [0.1, 0.15) is 0 Å². The summed E-state index contributed by atoms with van der Waals surface area (Å²) < 4.78 is 0.278. The van der Waals surface area contributed by atoms with Gasteiger partial charge in [0.15, 0.2) is 10.9 Å². The molecule has 27 heavy (non-hydrogen) atoms. The molecule has 0 aliphatic carbocycles. The van der Waals surface area contributed by atoms with Gasteiger partial charge in [-0.3, -0.25) is 4.79 Å². The molecule has 0 unspecified atom stereocenters. The molecule has 1 aliphatic rings. The van der Waals surface area contributed by atoms with E-state index >= 15 is 0 Å². The first-order chi connectivity index (χ1) is 12.7. The van der Waals surface area contributed by atoms with E-state index in [4.69, 9.17) is 0 Å². The third-order valence-electron chi connectivity index (χ3n) is 3.71. The van der Waals surface area contributed by atoms with E-state index in [-0.39, 0.29) is 21.8 Å². The van der Waals surface area contributed by atoms with E-state index in [9.17, 15) is 20.3 Å². The number of aliphatic imine (C=N–C) groups is 1. The van der Waals surface area contributed by atoms with Crippen LogP contribution in [-0.2, 0) is 4.79 Å². The highest BCUT2D eigenvalue weighted by molar-refractivity contribution is 9.10. The number of amidine groups is 1. The topological polar surface area (TPSA) is 107 Å². The summed E-state index contributed by atoms with van der Waals surface area (Å²) in [6.07, 6.45) is 1.58. The molecule has 1 aliphatic heterocycles. The molecular formula is C18H17BrN3O4S+. The molecule has 0 radical (unpaired) electrons. The van der Waals surface area contributed by atoms with Crippen molar-refractivity contribution in [2.24, 2.45) is 4.99 Å². The summed E-state index contributed by atoms with van der Waals surface area (Å²) in [6, 6.07) is 8.84. The fourth-order valence-electron chi connectivity index (χ4n) is 2.64. The monoisotopic (exact) mass is 450 g/mol. The van der Waals surface area contributed by atoms with Crippen LogP contribution in [0.4, 0.5) is 11.4 Å². The number of phenolic OH excluding ortho intramolecular Hbond substituents is 1. The number of carbonyl (C=O) groups excluding carboxylic acids is 1. The van der Waals surface area contributed by atoms with Gasteiger partial charge in [-0.05, 0) is 87.7 Å². The van der Waals surface area contributed by atoms with Gasteiger partial charge in [-0.15, -0.1) is 0 Å². The molecule has 5 N–H and O–H groups in total. The maximum atomic E-state index is 12.2. The van der Waals surface area contributed by atoms with Crippen LogP contribution in [-0.4, -0.2) is 26.6 Å². The van der Waals surface area contributed by atoms with Crippen LogP contribution in [0, 0.1) is 13.8 Å². The molecule has 2 aromatic carbocycles. The number of thioether (sulfide) groups is 1. The summed E-state index contributed by atoms with van der Waals surface area (Å²) in [4.78, 5) is 17.1. The maximum Gasteiger partial charge on any atom is 0.264 e. The molecule has 140 valence electrons. The van der Waals surface area contributed by atoms with Crippen LogP contribution in [0.1, 0.15) is 16.7 Å². The first kappa shape index (κ1) is 19.6. The fourth-order valence-corrected chi connectivity index (χ4v) is 3.96. The molecule has 1 saturated heterocycles. The number of hydrogen-bond acceptors (Lipinski definition) is 6. The molecular weight excluding hydrogens is 434 g/mol. The third kappa shape index (κ3) is 4.57. The maximum absolute atomic E-state index is 12.2. The fraction of sp³-hybridized carbons (Fsp3) is 0.111. The Morgan fingerprint density at radius 3 is 2.44 bits per heavy atom. The Balaban J connectivity index is 1.91. The van der Waals surface area contributed by atoms with Crippen LogP contribution in [0.15, 0.2) is 44.7 Å². The molecule has 0 aromatic heterocycles. The number of benzene rings is 2. The summed E-state index contributed by atoms with van der Waals surface area (Å²) in [5.74, 6) is -0.594. The van der Waals surface area contributed by atoms with Crippen LogP contribution in [0.2, 0.25) is 0 Å². The minimum atomic E-state index is -1.01. The van der Waals surface area contributed by atoms with Crippen molar-refractivity contribution < 1.29 is 25.5 Å². The quantitative estimate of drug-likeness (QED) is 0.280. The Morgan fingerprint density at radius 1 is 1.15 bits per heavy atom. The normalized spacial score (nSPS) is 17.2. The van der Waals surface area contributed by atoms with Crippen LogP contribution < -0.4 is 10.5 Å². The number of phenols is 1. The second-order valence-electron chi connectivity index (χ2n) is 6.05. The molecule has 7 nitrogen and oxygen atoms in total. The summed E-state index contributed by atoms with van der Waals surface area (Å²) in [7, 11) is 0. The number of amides is 1. The standard InChI is InChI=1S/C18H16BrN3O4S/c1-9-3-10(2)5-12(4-9)20-18-21-17(24)15(27-18)8-11-6-13(19)16(23)14(7-11)22(25)26/h3-8,23,25-26H,1-2H3,(H,20,21,24)/p+1/b15-8+. The van der Waals surface area contributed by atoms with Gasteiger partial charge < -0.3 is 10.4 Å². The molecule has 3 rings (SSSR count). The Bertz CT molecular complexity index is 969. The smallest absolute Gasteiger partial charge is 0.264 e. The molecule has 1 amide bonds. The van der Waals surface area contributed by atoms with Gasteiger partial charge in [0.05, 0.1) is 15.1 Å². The zero-order valence-corrected chi connectivity index (χ0v) is 16.8. The van der Waals surface area contributed by atoms with Gasteiger partial charge in [-0.2, -0.15) is 10.4 Å². The number of quaternary nitrogens is 1. The predicted octanol–water partition coefficient (Wildman–Crippen LogP) is 2.96. The van der Waals surface area contributed by atoms with E-state index in [1.165, 1.54) is 17.8 Å². The molecule has 0 spiro atoms. The molecule has 1 fully saturated rings. The van der Waals surface area contributed by atoms with Gasteiger partial charge in [0.2, 0.25) is 5.69 Å². The first-order valence-electron chi connectivity index (χ1n) is 7.88. The van der Waals surface area contributed by atoms with E-state index in [1.807, 2.05) is 32.0 Å². The summed E-state index contributed by atoms with van der Waals surface area (Å²) in [6.45, 7) is 3.96. The second kappa shape index (κ2) is 7.83. The molecule has 1 heterocycles. The molecule has 0 bridgehead atoms. The van der Waals surface area contributed by atoms with E-state index in [2.05, 4.69) is 26.2 Å². The average Bonchev–Trinajstić information content (AvgIpc) is 2.88. The largest absolute Gasteiger partial charge is 0.502 e. The van der Waals surface area contributed by atoms with Crippen LogP contribution in [0.3, 0.4) is 0 Å². The Kier molecular flexibility index (Phi) is 5.68. The van der Waals surface area contributed by atoms with Crippen molar-refractivity contribution in [1.29, 1.82) is 0 Å². The highest BCUT2D eigenvalue weighted by atomic mass is 79.9. The zero-order chi connectivity index (χ0) is 19.7. The van der Waals surface area contributed by atoms with Gasteiger partial charge in [0, 0.05) is 6.07 Å². The minimum Gasteiger partial charge on any atom is -0.502 e. The lowest BCUT2D eigenvalue weighted by Gasteiger charge is -2.06. The summed E-state index contributed by atoms with van der Waals surface area (Å²) in [5, 5.41) is 30.6. The summed E-state index contributed by atoms with van der Waals surface area (Å²) in [5.41, 5.74) is 3.30. The van der Waals surface area contributed by atoms with Crippen LogP contribution in [0.25, 0.3) is 6.08 Å². The number of nitrogens with one attached hydrogen (secondary N) is 2. The second-order valence-corrected chi connectivity index (χ2v) is 7.94. The number of rotatable bonds is 3. The van der Waals surface area contributed by atoms with Gasteiger partial charge in [-0.1, -0.05) is 6.07 Å². The lowest BCUT2D eigenvalue weighted by atomic mass is 10.1. The Morgan fingerprint density at radius 2 is 1.81 bits per heavy atom. The minimum absolute atomic E-state index is 0.135. The van der Waals surface area contributed by atoms with Crippen molar-refractivity contribution in [2.75, 3.05) is 0 Å². The van der Waals surface area contributed by atoms with Crippen molar-refractivity contribution >= 4 is 56.2 Å². The van der Waals surface area contributed by atoms with Crippen molar-refractivity contribution in [2.45, 2.75) is 13.8 Å². The van der Waals surface area contributed by atoms with E-state index in [1.54, 1.807) is 12.1 Å². The van der Waals surface area contributed by atoms with Gasteiger partial charge in [0.25, 0.3) is 5.91 Å². The van der Waals surface area contributed by atoms with E-state index in [0.717, 1.165) is 16.8 Å². The van der Waals surface area contributed by atoms with Crippen LogP contribution >= 0.6 is 27.7 Å². The highest BCUT2D eigenvalue weighted by Crippen LogP contribution is 2.34. The number of halogens is 1. The number of carbonyl (C=O) groups is 1. The zero-order valence-electron chi connectivity index (χ0n) is 14.4. The number of aryl methyl sites for hydroxylation is 2. The first-order valence-corrected chi connectivity index (χ1v) is 9.49. The number of hydrogen-bond donors (Lipinski definition) is 5. The Labute approximate surface area is 168 Å². The van der Waals surface area contributed by atoms with Crippen molar-refractivity contribution in [1.82, 2.24) is 5.32 Å². The van der Waals surface area contributed by atoms with Gasteiger partial charge in [-0.25, -0.2) is 4.99 Å². The van der Waals surface area contributed by atoms with E-state index in [0.29, 0.717) is 15.6 Å². The molecule has 0 atom stereocenters. The van der Waals surface area contributed by atoms with Crippen molar-refractivity contribution in [3.8, 4) is 5.75 Å². The molecule has 2 aromatic rings. The number of aromatic hydroxyl groups is 1. The lowest BCUT2D eigenvalue weighted by molar-refractivity contribution is -1.19. The summed E-state index contributed by atoms with van der Waals surface area (Å²) >= 11 is 4.34. The molecule has 9 heteroatoms. The van der Waals surface area contributed by atoms with Gasteiger partial charge >= 0.3 is 0 Å². The van der Waals surface area contributed by atoms with Crippen LogP contribution in [0.5, 0.6) is 5.75 Å². The predicted molar refractivity (Wildman–Crippen MR) is 107 cm³/mol. The Hall–Kier alpha value is -2.17. The van der Waals surface area contributed by atoms with Crippen molar-refractivity contribution in [3.63, 3.8) is 0 Å². The highest BCUT2D eigenvalue weighted by Gasteiger charge is 2.25. The van der Waals surface area contributed by atoms with Crippen molar-refractivity contribution in [3.05, 3.63) is 56.4 Å². The average molecular weight is 451 g/mol. The van der Waals surface area contributed by atoms with E-state index < -0.39 is 5.23 Å². The molecule has 0 saturated carbocycles. The third-order valence-corrected chi connectivity index (χ3v) is 5.23.